The Labute approximate surface area is 106 Å². The van der Waals surface area contributed by atoms with Crippen LogP contribution >= 0.6 is 0 Å². The molecule has 1 aliphatic carbocycles. The summed E-state index contributed by atoms with van der Waals surface area (Å²) in [5.74, 6) is -0.964. The number of halogens is 2. The van der Waals surface area contributed by atoms with Crippen molar-refractivity contribution in [2.75, 3.05) is 20.3 Å². The molecule has 0 aliphatic heterocycles. The molecule has 18 heavy (non-hydrogen) atoms. The summed E-state index contributed by atoms with van der Waals surface area (Å²) in [7, 11) is 1.69. The molecule has 0 atom stereocenters. The average molecular weight is 255 g/mol. The lowest BCUT2D eigenvalue weighted by Crippen LogP contribution is -2.25. The minimum atomic E-state index is -0.482. The number of nitrogens with one attached hydrogen (secondary N) is 1. The predicted octanol–water partition coefficient (Wildman–Crippen LogP) is 2.87. The third kappa shape index (κ3) is 3.27. The van der Waals surface area contributed by atoms with Crippen LogP contribution in [0.1, 0.15) is 24.8 Å². The standard InChI is InChI=1S/C14H19F2NO/c1-18-8-7-14(5-6-14)10-17-9-11-12(15)3-2-4-13(11)16/h2-4,17H,5-10H2,1H3. The summed E-state index contributed by atoms with van der Waals surface area (Å²) in [5, 5.41) is 3.16. The molecular weight excluding hydrogens is 236 g/mol. The second-order valence-corrected chi connectivity index (χ2v) is 5.05. The fourth-order valence-corrected chi connectivity index (χ4v) is 2.16. The zero-order valence-electron chi connectivity index (χ0n) is 10.6. The molecule has 0 radical (unpaired) electrons. The van der Waals surface area contributed by atoms with Crippen LogP contribution in [0.2, 0.25) is 0 Å². The van der Waals surface area contributed by atoms with Crippen LogP contribution in [0.3, 0.4) is 0 Å². The van der Waals surface area contributed by atoms with Crippen LogP contribution in [-0.4, -0.2) is 20.3 Å². The van der Waals surface area contributed by atoms with Gasteiger partial charge in [-0.2, -0.15) is 0 Å². The highest BCUT2D eigenvalue weighted by Gasteiger charge is 2.41. The van der Waals surface area contributed by atoms with Crippen molar-refractivity contribution in [3.05, 3.63) is 35.4 Å². The summed E-state index contributed by atoms with van der Waals surface area (Å²) in [4.78, 5) is 0. The summed E-state index contributed by atoms with van der Waals surface area (Å²) in [5.41, 5.74) is 0.414. The van der Waals surface area contributed by atoms with E-state index in [4.69, 9.17) is 4.74 Å². The molecule has 1 aromatic rings. The molecule has 1 aromatic carbocycles. The summed E-state index contributed by atoms with van der Waals surface area (Å²) in [6, 6.07) is 3.96. The lowest BCUT2D eigenvalue weighted by molar-refractivity contribution is 0.171. The van der Waals surface area contributed by atoms with Crippen molar-refractivity contribution in [1.29, 1.82) is 0 Å². The first kappa shape index (κ1) is 13.4. The van der Waals surface area contributed by atoms with Crippen molar-refractivity contribution < 1.29 is 13.5 Å². The quantitative estimate of drug-likeness (QED) is 0.809. The molecule has 2 rings (SSSR count). The molecule has 4 heteroatoms. The van der Waals surface area contributed by atoms with Gasteiger partial charge in [0.1, 0.15) is 11.6 Å². The Balaban J connectivity index is 1.82. The monoisotopic (exact) mass is 255 g/mol. The summed E-state index contributed by atoms with van der Waals surface area (Å²) >= 11 is 0. The van der Waals surface area contributed by atoms with E-state index in [1.807, 2.05) is 0 Å². The Morgan fingerprint density at radius 1 is 1.28 bits per heavy atom. The van der Waals surface area contributed by atoms with Gasteiger partial charge in [0.25, 0.3) is 0 Å². The molecule has 0 saturated heterocycles. The minimum Gasteiger partial charge on any atom is -0.385 e. The molecule has 0 amide bonds. The first-order chi connectivity index (χ1) is 8.67. The van der Waals surface area contributed by atoms with Gasteiger partial charge in [0.2, 0.25) is 0 Å². The van der Waals surface area contributed by atoms with Gasteiger partial charge in [-0.15, -0.1) is 0 Å². The summed E-state index contributed by atoms with van der Waals surface area (Å²) < 4.78 is 31.8. The number of methoxy groups -OCH3 is 1. The number of benzene rings is 1. The average Bonchev–Trinajstić information content (AvgIpc) is 3.11. The Hall–Kier alpha value is -1.00. The van der Waals surface area contributed by atoms with Crippen molar-refractivity contribution >= 4 is 0 Å². The van der Waals surface area contributed by atoms with Crippen molar-refractivity contribution in [2.45, 2.75) is 25.8 Å². The van der Waals surface area contributed by atoms with E-state index in [0.29, 0.717) is 0 Å². The fourth-order valence-electron chi connectivity index (χ4n) is 2.16. The van der Waals surface area contributed by atoms with E-state index in [1.54, 1.807) is 7.11 Å². The van der Waals surface area contributed by atoms with Gasteiger partial charge in [-0.05, 0) is 36.8 Å². The van der Waals surface area contributed by atoms with Gasteiger partial charge in [-0.1, -0.05) is 6.07 Å². The minimum absolute atomic E-state index is 0.125. The van der Waals surface area contributed by atoms with E-state index in [2.05, 4.69) is 5.32 Å². The van der Waals surface area contributed by atoms with Crippen molar-refractivity contribution in [3.8, 4) is 0 Å². The van der Waals surface area contributed by atoms with Gasteiger partial charge in [0.05, 0.1) is 0 Å². The Morgan fingerprint density at radius 2 is 1.94 bits per heavy atom. The fraction of sp³-hybridized carbons (Fsp3) is 0.571. The Bertz CT molecular complexity index is 385. The Morgan fingerprint density at radius 3 is 2.50 bits per heavy atom. The number of ether oxygens (including phenoxy) is 1. The molecule has 0 unspecified atom stereocenters. The smallest absolute Gasteiger partial charge is 0.130 e. The van der Waals surface area contributed by atoms with Gasteiger partial charge in [-0.25, -0.2) is 8.78 Å². The largest absolute Gasteiger partial charge is 0.385 e. The molecule has 0 aromatic heterocycles. The van der Waals surface area contributed by atoms with Gasteiger partial charge < -0.3 is 10.1 Å². The van der Waals surface area contributed by atoms with E-state index >= 15 is 0 Å². The first-order valence-electron chi connectivity index (χ1n) is 6.29. The van der Waals surface area contributed by atoms with Crippen LogP contribution in [0.4, 0.5) is 8.78 Å². The lowest BCUT2D eigenvalue weighted by Gasteiger charge is -2.15. The number of hydrogen-bond acceptors (Lipinski definition) is 2. The van der Waals surface area contributed by atoms with Crippen LogP contribution in [0, 0.1) is 17.0 Å². The second kappa shape index (κ2) is 5.76. The third-order valence-electron chi connectivity index (χ3n) is 3.66. The predicted molar refractivity (Wildman–Crippen MR) is 66.2 cm³/mol. The Kier molecular flexibility index (Phi) is 4.30. The SMILES string of the molecule is COCCC1(CNCc2c(F)cccc2F)CC1. The van der Waals surface area contributed by atoms with Gasteiger partial charge in [0.15, 0.2) is 0 Å². The van der Waals surface area contributed by atoms with E-state index in [-0.39, 0.29) is 17.5 Å². The summed E-state index contributed by atoms with van der Waals surface area (Å²) in [6.07, 6.45) is 3.35. The molecule has 0 bridgehead atoms. The summed E-state index contributed by atoms with van der Waals surface area (Å²) in [6.45, 7) is 1.78. The highest BCUT2D eigenvalue weighted by atomic mass is 19.1. The molecule has 1 aliphatic rings. The van der Waals surface area contributed by atoms with Crippen molar-refractivity contribution in [3.63, 3.8) is 0 Å². The zero-order chi connectivity index (χ0) is 13.0. The van der Waals surface area contributed by atoms with Gasteiger partial charge in [0, 0.05) is 32.4 Å². The molecule has 1 N–H and O–H groups in total. The van der Waals surface area contributed by atoms with Crippen LogP contribution in [0.25, 0.3) is 0 Å². The van der Waals surface area contributed by atoms with E-state index < -0.39 is 11.6 Å². The first-order valence-corrected chi connectivity index (χ1v) is 6.29. The molecule has 1 saturated carbocycles. The molecular formula is C14H19F2NO. The zero-order valence-corrected chi connectivity index (χ0v) is 10.6. The lowest BCUT2D eigenvalue weighted by atomic mass is 10.0. The van der Waals surface area contributed by atoms with E-state index in [1.165, 1.54) is 31.0 Å². The molecule has 0 spiro atoms. The maximum atomic E-state index is 13.4. The second-order valence-electron chi connectivity index (χ2n) is 5.05. The van der Waals surface area contributed by atoms with Crippen LogP contribution in [0.15, 0.2) is 18.2 Å². The van der Waals surface area contributed by atoms with Crippen LogP contribution in [-0.2, 0) is 11.3 Å². The number of hydrogen-bond donors (Lipinski definition) is 1. The van der Waals surface area contributed by atoms with Gasteiger partial charge >= 0.3 is 0 Å². The molecule has 0 heterocycles. The topological polar surface area (TPSA) is 21.3 Å². The van der Waals surface area contributed by atoms with Crippen molar-refractivity contribution in [1.82, 2.24) is 5.32 Å². The highest BCUT2D eigenvalue weighted by Crippen LogP contribution is 2.48. The molecule has 1 fully saturated rings. The number of rotatable bonds is 7. The molecule has 100 valence electrons. The third-order valence-corrected chi connectivity index (χ3v) is 3.66. The van der Waals surface area contributed by atoms with Crippen molar-refractivity contribution in [2.24, 2.45) is 5.41 Å². The van der Waals surface area contributed by atoms with E-state index in [9.17, 15) is 8.78 Å². The van der Waals surface area contributed by atoms with E-state index in [0.717, 1.165) is 19.6 Å². The highest BCUT2D eigenvalue weighted by molar-refractivity contribution is 5.19. The molecule has 2 nitrogen and oxygen atoms in total. The van der Waals surface area contributed by atoms with Crippen LogP contribution in [0.5, 0.6) is 0 Å². The van der Waals surface area contributed by atoms with Crippen LogP contribution < -0.4 is 5.32 Å². The maximum Gasteiger partial charge on any atom is 0.130 e. The normalized spacial score (nSPS) is 16.8. The maximum absolute atomic E-state index is 13.4. The van der Waals surface area contributed by atoms with Gasteiger partial charge in [-0.3, -0.25) is 0 Å².